The largest absolute Gasteiger partial charge is 0.481 e. The van der Waals surface area contributed by atoms with E-state index < -0.39 is 5.60 Å². The van der Waals surface area contributed by atoms with Gasteiger partial charge in [-0.3, -0.25) is 10.1 Å². The predicted octanol–water partition coefficient (Wildman–Crippen LogP) is 11.4. The topological polar surface area (TPSA) is 52.4 Å². The molecule has 1 unspecified atom stereocenters. The monoisotopic (exact) mass is 627 g/mol. The molecule has 0 fully saturated rings. The molecule has 1 aliphatic rings. The average Bonchev–Trinajstić information content (AvgIpc) is 3.08. The van der Waals surface area contributed by atoms with Gasteiger partial charge in [0.05, 0.1) is 9.82 Å². The molecule has 1 atom stereocenters. The SMILES string of the molecule is CCc1ccc(-c2ccc(-c3ccccc3)cc2)cc1.CSc1cc([N+](=O)[O-])cc2c1OC(C)(C(C)(C)c1ccccc1C)C=C2. The average molecular weight is 628 g/mol. The third-order valence-electron chi connectivity index (χ3n) is 9.14. The number of hydrogen-bond acceptors (Lipinski definition) is 4. The number of benzene rings is 5. The molecule has 1 heterocycles. The minimum atomic E-state index is -0.577. The van der Waals surface area contributed by atoms with Crippen molar-refractivity contribution >= 4 is 23.5 Å². The van der Waals surface area contributed by atoms with Crippen LogP contribution in [0.1, 0.15) is 49.9 Å². The lowest BCUT2D eigenvalue weighted by molar-refractivity contribution is -0.385. The van der Waals surface area contributed by atoms with E-state index in [-0.39, 0.29) is 16.0 Å². The summed E-state index contributed by atoms with van der Waals surface area (Å²) < 4.78 is 6.52. The molecule has 0 radical (unpaired) electrons. The molecule has 4 nitrogen and oxygen atoms in total. The minimum Gasteiger partial charge on any atom is -0.481 e. The Morgan fingerprint density at radius 2 is 1.35 bits per heavy atom. The fraction of sp³-hybridized carbons (Fsp3) is 0.220. The van der Waals surface area contributed by atoms with Gasteiger partial charge in [-0.15, -0.1) is 11.8 Å². The number of non-ortho nitro benzene ring substituents is 1. The van der Waals surface area contributed by atoms with Crippen molar-refractivity contribution in [3.05, 3.63) is 154 Å². The molecule has 234 valence electrons. The van der Waals surface area contributed by atoms with Gasteiger partial charge in [0.1, 0.15) is 11.4 Å². The quantitative estimate of drug-likeness (QED) is 0.102. The standard InChI is InChI=1S/C21H23NO3S.C20H18/c1-14-8-6-7-9-17(14)20(2,3)21(4)11-10-15-12-16(22(23)24)13-18(26-5)19(15)25-21;1-2-16-8-10-18(11-9-16)20-14-12-19(13-15-20)17-6-4-3-5-7-17/h6-13H,1-5H3;3-15H,2H2,1H3. The first-order valence-electron chi connectivity index (χ1n) is 15.6. The zero-order valence-corrected chi connectivity index (χ0v) is 28.2. The van der Waals surface area contributed by atoms with E-state index in [4.69, 9.17) is 4.74 Å². The highest BCUT2D eigenvalue weighted by molar-refractivity contribution is 7.98. The molecule has 0 saturated carbocycles. The summed E-state index contributed by atoms with van der Waals surface area (Å²) in [5.41, 5.74) is 8.88. The van der Waals surface area contributed by atoms with Crippen LogP contribution in [-0.2, 0) is 11.8 Å². The van der Waals surface area contributed by atoms with Crippen LogP contribution in [0.5, 0.6) is 5.75 Å². The van der Waals surface area contributed by atoms with Crippen LogP contribution in [0.25, 0.3) is 28.3 Å². The van der Waals surface area contributed by atoms with Gasteiger partial charge in [-0.05, 0) is 71.5 Å². The molecule has 0 bridgehead atoms. The summed E-state index contributed by atoms with van der Waals surface area (Å²) in [5, 5.41) is 11.2. The van der Waals surface area contributed by atoms with E-state index in [0.717, 1.165) is 22.6 Å². The zero-order chi connectivity index (χ0) is 32.9. The molecule has 5 heteroatoms. The first kappa shape index (κ1) is 32.8. The number of nitro groups is 1. The van der Waals surface area contributed by atoms with Crippen molar-refractivity contribution in [1.82, 2.24) is 0 Å². The molecule has 0 N–H and O–H groups in total. The maximum atomic E-state index is 11.2. The van der Waals surface area contributed by atoms with Crippen molar-refractivity contribution in [3.8, 4) is 28.0 Å². The third kappa shape index (κ3) is 6.80. The highest BCUT2D eigenvalue weighted by Crippen LogP contribution is 2.47. The second-order valence-electron chi connectivity index (χ2n) is 12.3. The maximum absolute atomic E-state index is 11.2. The van der Waals surface area contributed by atoms with Gasteiger partial charge < -0.3 is 4.74 Å². The molecular formula is C41H41NO3S. The lowest BCUT2D eigenvalue weighted by Crippen LogP contribution is -2.50. The Bertz CT molecular complexity index is 1840. The Kier molecular flexibility index (Phi) is 9.83. The van der Waals surface area contributed by atoms with Crippen LogP contribution in [-0.4, -0.2) is 16.8 Å². The van der Waals surface area contributed by atoms with Crippen LogP contribution < -0.4 is 4.74 Å². The van der Waals surface area contributed by atoms with E-state index >= 15 is 0 Å². The van der Waals surface area contributed by atoms with Crippen molar-refractivity contribution in [1.29, 1.82) is 0 Å². The number of rotatable bonds is 7. The Hall–Kier alpha value is -4.61. The predicted molar refractivity (Wildman–Crippen MR) is 194 cm³/mol. The van der Waals surface area contributed by atoms with Gasteiger partial charge in [0, 0.05) is 23.1 Å². The van der Waals surface area contributed by atoms with Gasteiger partial charge in [0.2, 0.25) is 0 Å². The summed E-state index contributed by atoms with van der Waals surface area (Å²) in [6, 6.07) is 39.6. The Morgan fingerprint density at radius 1 is 0.804 bits per heavy atom. The molecule has 0 saturated heterocycles. The molecule has 5 aromatic rings. The van der Waals surface area contributed by atoms with Gasteiger partial charge in [-0.25, -0.2) is 0 Å². The smallest absolute Gasteiger partial charge is 0.271 e. The summed E-state index contributed by atoms with van der Waals surface area (Å²) in [7, 11) is 0. The second-order valence-corrected chi connectivity index (χ2v) is 13.1. The van der Waals surface area contributed by atoms with Crippen LogP contribution >= 0.6 is 11.8 Å². The molecular weight excluding hydrogens is 587 g/mol. The van der Waals surface area contributed by atoms with Gasteiger partial charge in [0.25, 0.3) is 5.69 Å². The zero-order valence-electron chi connectivity index (χ0n) is 27.4. The van der Waals surface area contributed by atoms with E-state index in [1.54, 1.807) is 12.1 Å². The summed E-state index contributed by atoms with van der Waals surface area (Å²) in [5.74, 6) is 0.717. The summed E-state index contributed by atoms with van der Waals surface area (Å²) in [6.45, 7) is 10.7. The molecule has 0 aliphatic carbocycles. The summed E-state index contributed by atoms with van der Waals surface area (Å²) in [4.78, 5) is 11.6. The van der Waals surface area contributed by atoms with E-state index in [1.165, 1.54) is 50.7 Å². The molecule has 0 aromatic heterocycles. The minimum absolute atomic E-state index is 0.0862. The van der Waals surface area contributed by atoms with Crippen LogP contribution in [0, 0.1) is 17.0 Å². The number of ether oxygens (including phenoxy) is 1. The summed E-state index contributed by atoms with van der Waals surface area (Å²) in [6.07, 6.45) is 6.97. The van der Waals surface area contributed by atoms with E-state index in [2.05, 4.69) is 120 Å². The fourth-order valence-corrected chi connectivity index (χ4v) is 6.47. The van der Waals surface area contributed by atoms with Crippen molar-refractivity contribution in [3.63, 3.8) is 0 Å². The van der Waals surface area contributed by atoms with Gasteiger partial charge in [0.15, 0.2) is 0 Å². The second kappa shape index (κ2) is 13.8. The molecule has 6 rings (SSSR count). The third-order valence-corrected chi connectivity index (χ3v) is 9.88. The van der Waals surface area contributed by atoms with Crippen LogP contribution in [0.15, 0.2) is 126 Å². The van der Waals surface area contributed by atoms with E-state index in [0.29, 0.717) is 0 Å². The normalized spacial score (nSPS) is 15.3. The molecule has 0 spiro atoms. The van der Waals surface area contributed by atoms with E-state index in [9.17, 15) is 10.1 Å². The first-order chi connectivity index (χ1) is 22.1. The molecule has 46 heavy (non-hydrogen) atoms. The first-order valence-corrected chi connectivity index (χ1v) is 16.8. The van der Waals surface area contributed by atoms with Gasteiger partial charge >= 0.3 is 0 Å². The number of aryl methyl sites for hydroxylation is 2. The van der Waals surface area contributed by atoms with E-state index in [1.807, 2.05) is 36.6 Å². The lowest BCUT2D eigenvalue weighted by atomic mass is 9.68. The highest BCUT2D eigenvalue weighted by atomic mass is 32.2. The number of thioether (sulfide) groups is 1. The number of fused-ring (bicyclic) bond motifs is 1. The van der Waals surface area contributed by atoms with Crippen molar-refractivity contribution in [2.45, 2.75) is 57.0 Å². The highest BCUT2D eigenvalue weighted by Gasteiger charge is 2.45. The van der Waals surface area contributed by atoms with Crippen LogP contribution in [0.2, 0.25) is 0 Å². The number of hydrogen-bond donors (Lipinski definition) is 0. The number of nitro benzene ring substituents is 1. The van der Waals surface area contributed by atoms with Gasteiger partial charge in [-0.1, -0.05) is 130 Å². The number of nitrogens with zero attached hydrogens (tertiary/aromatic N) is 1. The lowest BCUT2D eigenvalue weighted by Gasteiger charge is -2.45. The van der Waals surface area contributed by atoms with Crippen molar-refractivity contribution in [2.75, 3.05) is 6.26 Å². The summed E-state index contributed by atoms with van der Waals surface area (Å²) >= 11 is 1.46. The van der Waals surface area contributed by atoms with Crippen LogP contribution in [0.4, 0.5) is 5.69 Å². The maximum Gasteiger partial charge on any atom is 0.271 e. The van der Waals surface area contributed by atoms with Gasteiger partial charge in [-0.2, -0.15) is 0 Å². The molecule has 1 aliphatic heterocycles. The Labute approximate surface area is 277 Å². The van der Waals surface area contributed by atoms with Crippen molar-refractivity contribution in [2.24, 2.45) is 0 Å². The fourth-order valence-electron chi connectivity index (χ4n) is 5.89. The molecule has 5 aromatic carbocycles. The molecule has 0 amide bonds. The van der Waals surface area contributed by atoms with Crippen LogP contribution in [0.3, 0.4) is 0 Å². The Morgan fingerprint density at radius 3 is 1.89 bits per heavy atom. The van der Waals surface area contributed by atoms with Crippen molar-refractivity contribution < 1.29 is 9.66 Å². The Balaban J connectivity index is 0.000000187.